The molecular weight excluding hydrogens is 216 g/mol. The maximum atomic E-state index is 11.6. The van der Waals surface area contributed by atoms with E-state index in [1.807, 2.05) is 0 Å². The fourth-order valence-corrected chi connectivity index (χ4v) is 1.84. The number of aliphatic hydroxyl groups is 1. The number of nitrogens with zero attached hydrogens (tertiary/aromatic N) is 1. The highest BCUT2D eigenvalue weighted by Gasteiger charge is 2.18. The molecule has 1 aromatic rings. The van der Waals surface area contributed by atoms with Crippen molar-refractivity contribution in [3.05, 3.63) is 26.9 Å². The van der Waals surface area contributed by atoms with Crippen LogP contribution in [0.25, 0.3) is 0 Å². The van der Waals surface area contributed by atoms with Gasteiger partial charge in [-0.15, -0.1) is 0 Å². The van der Waals surface area contributed by atoms with Crippen LogP contribution in [-0.4, -0.2) is 21.3 Å². The number of aromatic amines is 1. The summed E-state index contributed by atoms with van der Waals surface area (Å²) in [6.07, 6.45) is 3.10. The minimum absolute atomic E-state index is 0.178. The smallest absolute Gasteiger partial charge is 0.328 e. The van der Waals surface area contributed by atoms with Crippen LogP contribution in [0.3, 0.4) is 0 Å². The third-order valence-electron chi connectivity index (χ3n) is 2.43. The van der Waals surface area contributed by atoms with Crippen LogP contribution in [0.5, 0.6) is 0 Å². The molecule has 82 valence electrons. The summed E-state index contributed by atoms with van der Waals surface area (Å²) in [5.41, 5.74) is 0.254. The summed E-state index contributed by atoms with van der Waals surface area (Å²) in [6.45, 7) is 0.490. The molecular formula is C9H12N2O3S. The molecule has 1 aromatic heterocycles. The lowest BCUT2D eigenvalue weighted by molar-refractivity contribution is 0.0522. The Labute approximate surface area is 91.3 Å². The van der Waals surface area contributed by atoms with Gasteiger partial charge in [0.25, 0.3) is 0 Å². The first-order chi connectivity index (χ1) is 7.22. The third-order valence-corrected chi connectivity index (χ3v) is 2.79. The van der Waals surface area contributed by atoms with Gasteiger partial charge in [0.15, 0.2) is 0 Å². The van der Waals surface area contributed by atoms with E-state index in [0.717, 1.165) is 12.8 Å². The number of hydrogen-bond donors (Lipinski definition) is 2. The number of hydrogen-bond acceptors (Lipinski definition) is 4. The number of ether oxygens (including phenoxy) is 1. The first-order valence-electron chi connectivity index (χ1n) is 4.79. The number of aromatic nitrogens is 2. The Morgan fingerprint density at radius 1 is 1.73 bits per heavy atom. The molecule has 0 aliphatic carbocycles. The Morgan fingerprint density at radius 2 is 2.53 bits per heavy atom. The van der Waals surface area contributed by atoms with E-state index in [9.17, 15) is 4.79 Å². The fourth-order valence-electron chi connectivity index (χ4n) is 1.63. The Hall–Kier alpha value is -0.980. The zero-order chi connectivity index (χ0) is 10.8. The molecule has 1 fully saturated rings. The van der Waals surface area contributed by atoms with Gasteiger partial charge in [-0.1, -0.05) is 12.2 Å². The monoisotopic (exact) mass is 228 g/mol. The van der Waals surface area contributed by atoms with E-state index in [1.54, 1.807) is 6.20 Å². The van der Waals surface area contributed by atoms with Gasteiger partial charge in [0, 0.05) is 18.4 Å². The SMILES string of the molecule is O=c1[nH]c(=S)c(CO)cn1C1CCCO1. The fraction of sp³-hybridized carbons (Fsp3) is 0.556. The first kappa shape index (κ1) is 10.5. The van der Waals surface area contributed by atoms with E-state index in [1.165, 1.54) is 4.57 Å². The molecule has 1 atom stereocenters. The second kappa shape index (κ2) is 4.26. The molecule has 1 unspecified atom stereocenters. The van der Waals surface area contributed by atoms with Gasteiger partial charge >= 0.3 is 5.69 Å². The molecule has 6 heteroatoms. The Balaban J connectivity index is 2.46. The predicted molar refractivity (Wildman–Crippen MR) is 56.0 cm³/mol. The van der Waals surface area contributed by atoms with Gasteiger partial charge in [-0.3, -0.25) is 9.55 Å². The largest absolute Gasteiger partial charge is 0.392 e. The van der Waals surface area contributed by atoms with Crippen LogP contribution < -0.4 is 5.69 Å². The van der Waals surface area contributed by atoms with Crippen LogP contribution in [0.1, 0.15) is 24.6 Å². The van der Waals surface area contributed by atoms with Crippen molar-refractivity contribution in [2.45, 2.75) is 25.7 Å². The summed E-state index contributed by atoms with van der Waals surface area (Å²) in [5, 5.41) is 9.03. The number of nitrogens with one attached hydrogen (secondary N) is 1. The van der Waals surface area contributed by atoms with Gasteiger partial charge in [0.2, 0.25) is 0 Å². The summed E-state index contributed by atoms with van der Waals surface area (Å²) in [4.78, 5) is 14.1. The molecule has 0 aromatic carbocycles. The van der Waals surface area contributed by atoms with Crippen LogP contribution in [0.15, 0.2) is 11.0 Å². The van der Waals surface area contributed by atoms with Gasteiger partial charge in [-0.2, -0.15) is 0 Å². The second-order valence-electron chi connectivity index (χ2n) is 3.45. The second-order valence-corrected chi connectivity index (χ2v) is 3.85. The Morgan fingerprint density at radius 3 is 3.13 bits per heavy atom. The van der Waals surface area contributed by atoms with Crippen LogP contribution in [0, 0.1) is 4.64 Å². The highest BCUT2D eigenvalue weighted by atomic mass is 32.1. The highest BCUT2D eigenvalue weighted by Crippen LogP contribution is 2.21. The van der Waals surface area contributed by atoms with E-state index < -0.39 is 0 Å². The van der Waals surface area contributed by atoms with Crippen molar-refractivity contribution in [2.75, 3.05) is 6.61 Å². The molecule has 2 rings (SSSR count). The minimum Gasteiger partial charge on any atom is -0.392 e. The van der Waals surface area contributed by atoms with Crippen molar-refractivity contribution in [3.8, 4) is 0 Å². The summed E-state index contributed by atoms with van der Waals surface area (Å²) in [6, 6.07) is 0. The lowest BCUT2D eigenvalue weighted by Gasteiger charge is -2.13. The predicted octanol–water partition coefficient (Wildman–Crippen LogP) is 0.707. The van der Waals surface area contributed by atoms with Crippen molar-refractivity contribution in [1.29, 1.82) is 0 Å². The Kier molecular flexibility index (Phi) is 2.99. The zero-order valence-electron chi connectivity index (χ0n) is 8.10. The molecule has 5 nitrogen and oxygen atoms in total. The molecule has 0 bridgehead atoms. The maximum Gasteiger partial charge on any atom is 0.328 e. The quantitative estimate of drug-likeness (QED) is 0.731. The maximum absolute atomic E-state index is 11.6. The van der Waals surface area contributed by atoms with Gasteiger partial charge in [-0.25, -0.2) is 4.79 Å². The van der Waals surface area contributed by atoms with E-state index in [0.29, 0.717) is 12.2 Å². The summed E-state index contributed by atoms with van der Waals surface area (Å²) in [5.74, 6) is 0. The molecule has 2 heterocycles. The summed E-state index contributed by atoms with van der Waals surface area (Å²) in [7, 11) is 0. The summed E-state index contributed by atoms with van der Waals surface area (Å²) < 4.78 is 7.13. The van der Waals surface area contributed by atoms with E-state index >= 15 is 0 Å². The van der Waals surface area contributed by atoms with E-state index in [2.05, 4.69) is 4.98 Å². The normalized spacial score (nSPS) is 20.7. The molecule has 0 saturated carbocycles. The van der Waals surface area contributed by atoms with Crippen molar-refractivity contribution >= 4 is 12.2 Å². The van der Waals surface area contributed by atoms with Gasteiger partial charge in [0.05, 0.1) is 6.61 Å². The molecule has 1 aliphatic rings. The van der Waals surface area contributed by atoms with Crippen molar-refractivity contribution in [2.24, 2.45) is 0 Å². The van der Waals surface area contributed by atoms with Crippen molar-refractivity contribution in [3.63, 3.8) is 0 Å². The standard InChI is InChI=1S/C9H12N2O3S/c12-5-6-4-11(7-2-1-3-14-7)9(13)10-8(6)15/h4,7,12H,1-3,5H2,(H,10,13,15). The topological polar surface area (TPSA) is 67.2 Å². The summed E-state index contributed by atoms with van der Waals surface area (Å²) >= 11 is 4.90. The number of rotatable bonds is 2. The number of H-pyrrole nitrogens is 1. The molecule has 0 amide bonds. The molecule has 0 radical (unpaired) electrons. The van der Waals surface area contributed by atoms with Gasteiger partial charge in [-0.05, 0) is 12.8 Å². The highest BCUT2D eigenvalue weighted by molar-refractivity contribution is 7.71. The average Bonchev–Trinajstić information content (AvgIpc) is 2.71. The molecule has 15 heavy (non-hydrogen) atoms. The lowest BCUT2D eigenvalue weighted by Crippen LogP contribution is -2.27. The third kappa shape index (κ3) is 2.01. The van der Waals surface area contributed by atoms with Crippen LogP contribution in [0.4, 0.5) is 0 Å². The lowest BCUT2D eigenvalue weighted by atomic mass is 10.3. The minimum atomic E-state index is -0.288. The van der Waals surface area contributed by atoms with Gasteiger partial charge < -0.3 is 9.84 Å². The molecule has 1 saturated heterocycles. The average molecular weight is 228 g/mol. The molecule has 0 spiro atoms. The van der Waals surface area contributed by atoms with Crippen LogP contribution >= 0.6 is 12.2 Å². The van der Waals surface area contributed by atoms with Crippen molar-refractivity contribution in [1.82, 2.24) is 9.55 Å². The van der Waals surface area contributed by atoms with Crippen LogP contribution in [-0.2, 0) is 11.3 Å². The van der Waals surface area contributed by atoms with Crippen LogP contribution in [0.2, 0.25) is 0 Å². The zero-order valence-corrected chi connectivity index (χ0v) is 8.92. The van der Waals surface area contributed by atoms with Gasteiger partial charge in [0.1, 0.15) is 10.9 Å². The number of aliphatic hydroxyl groups excluding tert-OH is 1. The first-order valence-corrected chi connectivity index (χ1v) is 5.20. The van der Waals surface area contributed by atoms with Crippen molar-refractivity contribution < 1.29 is 9.84 Å². The van der Waals surface area contributed by atoms with E-state index in [4.69, 9.17) is 22.1 Å². The Bertz CT molecular complexity index is 459. The van der Waals surface area contributed by atoms with E-state index in [-0.39, 0.29) is 23.2 Å². The molecule has 1 aliphatic heterocycles. The molecule has 2 N–H and O–H groups in total.